The first-order chi connectivity index (χ1) is 8.14. The Hall–Kier alpha value is -0.570. The van der Waals surface area contributed by atoms with Crippen LogP contribution in [0.25, 0.3) is 0 Å². The molecule has 1 aromatic rings. The molecule has 0 saturated heterocycles. The fraction of sp³-hybridized carbons (Fsp3) is 0.857. The summed E-state index contributed by atoms with van der Waals surface area (Å²) < 4.78 is 2.08. The highest BCUT2D eigenvalue weighted by Gasteiger charge is 2.26. The third kappa shape index (κ3) is 3.47. The molecule has 0 spiro atoms. The molecular formula is C14H26ClN3. The van der Waals surface area contributed by atoms with Crippen molar-refractivity contribution in [3.63, 3.8) is 0 Å². The van der Waals surface area contributed by atoms with E-state index in [0.717, 1.165) is 12.4 Å². The van der Waals surface area contributed by atoms with Crippen LogP contribution in [-0.2, 0) is 12.0 Å². The zero-order valence-electron chi connectivity index (χ0n) is 12.7. The van der Waals surface area contributed by atoms with Gasteiger partial charge in [-0.1, -0.05) is 48.5 Å². The molecule has 4 heteroatoms. The quantitative estimate of drug-likeness (QED) is 0.823. The van der Waals surface area contributed by atoms with E-state index in [1.54, 1.807) is 0 Å². The predicted molar refractivity (Wildman–Crippen MR) is 76.9 cm³/mol. The normalized spacial score (nSPS) is 13.1. The van der Waals surface area contributed by atoms with Gasteiger partial charge in [-0.05, 0) is 29.4 Å². The van der Waals surface area contributed by atoms with Gasteiger partial charge in [0.2, 0.25) is 5.28 Å². The topological polar surface area (TPSA) is 30.7 Å². The monoisotopic (exact) mass is 271 g/mol. The summed E-state index contributed by atoms with van der Waals surface area (Å²) in [5, 5.41) is 8.78. The number of hydrogen-bond acceptors (Lipinski definition) is 2. The minimum absolute atomic E-state index is 0.0291. The molecule has 0 aromatic carbocycles. The molecule has 0 fully saturated rings. The minimum Gasteiger partial charge on any atom is -0.301 e. The van der Waals surface area contributed by atoms with E-state index in [0.29, 0.717) is 23.0 Å². The lowest BCUT2D eigenvalue weighted by Crippen LogP contribution is -2.26. The number of halogens is 1. The summed E-state index contributed by atoms with van der Waals surface area (Å²) in [6.07, 6.45) is 0. The van der Waals surface area contributed by atoms with Crippen molar-refractivity contribution in [1.82, 2.24) is 14.8 Å². The standard InChI is InChI=1S/C14H26ClN3/c1-9(2)11(10(3)4)8-18-12(14(5,6)7)16-17-13(18)15/h9-11H,8H2,1-7H3. The van der Waals surface area contributed by atoms with Gasteiger partial charge < -0.3 is 4.57 Å². The fourth-order valence-electron chi connectivity index (χ4n) is 2.40. The summed E-state index contributed by atoms with van der Waals surface area (Å²) in [5.74, 6) is 2.80. The average Bonchev–Trinajstić information content (AvgIpc) is 2.54. The van der Waals surface area contributed by atoms with E-state index in [2.05, 4.69) is 63.2 Å². The second-order valence-electron chi connectivity index (χ2n) is 6.81. The summed E-state index contributed by atoms with van der Waals surface area (Å²) in [6, 6.07) is 0. The van der Waals surface area contributed by atoms with Crippen molar-refractivity contribution in [2.75, 3.05) is 0 Å². The summed E-state index contributed by atoms with van der Waals surface area (Å²) in [7, 11) is 0. The van der Waals surface area contributed by atoms with E-state index in [-0.39, 0.29) is 5.41 Å². The molecule has 0 N–H and O–H groups in total. The van der Waals surface area contributed by atoms with Gasteiger partial charge in [0.25, 0.3) is 0 Å². The van der Waals surface area contributed by atoms with Crippen LogP contribution in [0, 0.1) is 17.8 Å². The van der Waals surface area contributed by atoms with Crippen LogP contribution in [0.15, 0.2) is 0 Å². The second kappa shape index (κ2) is 5.60. The van der Waals surface area contributed by atoms with Crippen molar-refractivity contribution in [3.05, 3.63) is 11.1 Å². The van der Waals surface area contributed by atoms with E-state index >= 15 is 0 Å². The molecule has 0 bridgehead atoms. The van der Waals surface area contributed by atoms with Crippen molar-refractivity contribution >= 4 is 11.6 Å². The van der Waals surface area contributed by atoms with E-state index in [1.807, 2.05) is 0 Å². The molecule has 0 aliphatic carbocycles. The van der Waals surface area contributed by atoms with E-state index in [4.69, 9.17) is 11.6 Å². The Balaban J connectivity index is 3.06. The molecule has 0 saturated carbocycles. The average molecular weight is 272 g/mol. The van der Waals surface area contributed by atoms with Gasteiger partial charge in [0.05, 0.1) is 0 Å². The van der Waals surface area contributed by atoms with Crippen molar-refractivity contribution in [3.8, 4) is 0 Å². The molecular weight excluding hydrogens is 246 g/mol. The lowest BCUT2D eigenvalue weighted by Gasteiger charge is -2.28. The van der Waals surface area contributed by atoms with Crippen molar-refractivity contribution in [1.29, 1.82) is 0 Å². The maximum absolute atomic E-state index is 6.19. The molecule has 0 amide bonds. The smallest absolute Gasteiger partial charge is 0.225 e. The lowest BCUT2D eigenvalue weighted by atomic mass is 9.85. The molecule has 0 radical (unpaired) electrons. The Morgan fingerprint density at radius 2 is 1.56 bits per heavy atom. The van der Waals surface area contributed by atoms with Crippen LogP contribution in [-0.4, -0.2) is 14.8 Å². The van der Waals surface area contributed by atoms with E-state index < -0.39 is 0 Å². The summed E-state index contributed by atoms with van der Waals surface area (Å²) in [5.41, 5.74) is -0.0291. The zero-order chi connectivity index (χ0) is 14.1. The van der Waals surface area contributed by atoms with Crippen LogP contribution in [0.5, 0.6) is 0 Å². The first kappa shape index (κ1) is 15.5. The van der Waals surface area contributed by atoms with Crippen molar-refractivity contribution in [2.45, 2.75) is 60.4 Å². The van der Waals surface area contributed by atoms with Gasteiger partial charge in [0, 0.05) is 12.0 Å². The Labute approximate surface area is 116 Å². The second-order valence-corrected chi connectivity index (χ2v) is 7.14. The summed E-state index contributed by atoms with van der Waals surface area (Å²) >= 11 is 6.19. The van der Waals surface area contributed by atoms with Crippen molar-refractivity contribution < 1.29 is 0 Å². The van der Waals surface area contributed by atoms with E-state index in [1.165, 1.54) is 0 Å². The van der Waals surface area contributed by atoms with Gasteiger partial charge in [0.1, 0.15) is 5.82 Å². The van der Waals surface area contributed by atoms with Crippen molar-refractivity contribution in [2.24, 2.45) is 17.8 Å². The minimum atomic E-state index is -0.0291. The van der Waals surface area contributed by atoms with Gasteiger partial charge in [-0.3, -0.25) is 0 Å². The lowest BCUT2D eigenvalue weighted by molar-refractivity contribution is 0.245. The molecule has 3 nitrogen and oxygen atoms in total. The highest BCUT2D eigenvalue weighted by molar-refractivity contribution is 6.28. The maximum atomic E-state index is 6.19. The first-order valence-corrected chi connectivity index (χ1v) is 7.11. The third-order valence-corrected chi connectivity index (χ3v) is 3.76. The molecule has 0 aliphatic rings. The highest BCUT2D eigenvalue weighted by atomic mass is 35.5. The van der Waals surface area contributed by atoms with Crippen LogP contribution in [0.1, 0.15) is 54.3 Å². The summed E-state index contributed by atoms with van der Waals surface area (Å²) in [4.78, 5) is 0. The third-order valence-electron chi connectivity index (χ3n) is 3.48. The zero-order valence-corrected chi connectivity index (χ0v) is 13.4. The van der Waals surface area contributed by atoms with Crippen LogP contribution in [0.4, 0.5) is 0 Å². The van der Waals surface area contributed by atoms with Gasteiger partial charge in [0.15, 0.2) is 0 Å². The van der Waals surface area contributed by atoms with Crippen LogP contribution >= 0.6 is 11.6 Å². The van der Waals surface area contributed by atoms with Gasteiger partial charge in [-0.15, -0.1) is 10.2 Å². The molecule has 0 aliphatic heterocycles. The summed E-state index contributed by atoms with van der Waals surface area (Å²) in [6.45, 7) is 16.4. The molecule has 18 heavy (non-hydrogen) atoms. The van der Waals surface area contributed by atoms with Crippen LogP contribution in [0.3, 0.4) is 0 Å². The largest absolute Gasteiger partial charge is 0.301 e. The maximum Gasteiger partial charge on any atom is 0.225 e. The Morgan fingerprint density at radius 3 is 1.94 bits per heavy atom. The van der Waals surface area contributed by atoms with Gasteiger partial charge >= 0.3 is 0 Å². The number of rotatable bonds is 4. The molecule has 1 rings (SSSR count). The van der Waals surface area contributed by atoms with E-state index in [9.17, 15) is 0 Å². The van der Waals surface area contributed by atoms with Gasteiger partial charge in [-0.2, -0.15) is 0 Å². The fourth-order valence-corrected chi connectivity index (χ4v) is 2.59. The predicted octanol–water partition coefficient (Wildman–Crippen LogP) is 4.16. The van der Waals surface area contributed by atoms with Crippen LogP contribution in [0.2, 0.25) is 5.28 Å². The highest BCUT2D eigenvalue weighted by Crippen LogP contribution is 2.28. The Kier molecular flexibility index (Phi) is 4.82. The van der Waals surface area contributed by atoms with Crippen LogP contribution < -0.4 is 0 Å². The Morgan fingerprint density at radius 1 is 1.06 bits per heavy atom. The molecule has 0 unspecified atom stereocenters. The molecule has 104 valence electrons. The molecule has 0 atom stereocenters. The number of aromatic nitrogens is 3. The number of hydrogen-bond donors (Lipinski definition) is 0. The van der Waals surface area contributed by atoms with Gasteiger partial charge in [-0.25, -0.2) is 0 Å². The first-order valence-electron chi connectivity index (χ1n) is 6.73. The molecule has 1 heterocycles. The number of nitrogens with zero attached hydrogens (tertiary/aromatic N) is 3. The molecule has 1 aromatic heterocycles. The Bertz CT molecular complexity index is 380. The SMILES string of the molecule is CC(C)C(Cn1c(Cl)nnc1C(C)(C)C)C(C)C.